The van der Waals surface area contributed by atoms with Crippen LogP contribution in [0.2, 0.25) is 5.02 Å². The molecule has 0 bridgehead atoms. The first kappa shape index (κ1) is 18.8. The third-order valence-electron chi connectivity index (χ3n) is 4.16. The van der Waals surface area contributed by atoms with E-state index in [-0.39, 0.29) is 17.2 Å². The number of phenols is 1. The van der Waals surface area contributed by atoms with Crippen LogP contribution < -0.4 is 10.1 Å². The summed E-state index contributed by atoms with van der Waals surface area (Å²) in [6.07, 6.45) is 0. The van der Waals surface area contributed by atoms with Gasteiger partial charge in [-0.1, -0.05) is 54.9 Å². The number of phenolic OH excluding ortho intramolecular Hbond substituents is 1. The summed E-state index contributed by atoms with van der Waals surface area (Å²) >= 11 is 5.90. The number of carbonyl (C=O) groups excluding carboxylic acids is 1. The SMILES string of the molecule is C[C@@H](COc1cccc(NC(=O)c2cc(Cl)ccc2O)c1)c1ccccc1. The molecule has 4 nitrogen and oxygen atoms in total. The van der Waals surface area contributed by atoms with Crippen LogP contribution in [0.4, 0.5) is 5.69 Å². The van der Waals surface area contributed by atoms with Gasteiger partial charge in [-0.15, -0.1) is 0 Å². The highest BCUT2D eigenvalue weighted by Crippen LogP contribution is 2.24. The van der Waals surface area contributed by atoms with Crippen LogP contribution in [0, 0.1) is 0 Å². The van der Waals surface area contributed by atoms with Crippen LogP contribution in [-0.4, -0.2) is 17.6 Å². The molecular weight excluding hydrogens is 362 g/mol. The average molecular weight is 382 g/mol. The third-order valence-corrected chi connectivity index (χ3v) is 4.40. The number of nitrogens with one attached hydrogen (secondary N) is 1. The topological polar surface area (TPSA) is 58.6 Å². The molecule has 0 aliphatic rings. The number of anilines is 1. The Morgan fingerprint density at radius 2 is 1.85 bits per heavy atom. The molecule has 138 valence electrons. The summed E-state index contributed by atoms with van der Waals surface area (Å²) in [4.78, 5) is 12.4. The van der Waals surface area contributed by atoms with Gasteiger partial charge in [-0.3, -0.25) is 4.79 Å². The second-order valence-corrected chi connectivity index (χ2v) is 6.70. The normalized spacial score (nSPS) is 11.6. The molecule has 2 N–H and O–H groups in total. The Bertz CT molecular complexity index is 928. The van der Waals surface area contributed by atoms with Crippen LogP contribution in [0.5, 0.6) is 11.5 Å². The smallest absolute Gasteiger partial charge is 0.259 e. The van der Waals surface area contributed by atoms with E-state index in [2.05, 4.69) is 24.4 Å². The predicted molar refractivity (Wildman–Crippen MR) is 108 cm³/mol. The number of hydrogen-bond acceptors (Lipinski definition) is 3. The maximum Gasteiger partial charge on any atom is 0.259 e. The van der Waals surface area contributed by atoms with Gasteiger partial charge in [0.25, 0.3) is 5.91 Å². The van der Waals surface area contributed by atoms with Crippen molar-refractivity contribution >= 4 is 23.2 Å². The van der Waals surface area contributed by atoms with Crippen molar-refractivity contribution in [2.45, 2.75) is 12.8 Å². The number of amides is 1. The molecule has 0 heterocycles. The summed E-state index contributed by atoms with van der Waals surface area (Å²) in [5.41, 5.74) is 1.90. The molecule has 0 fully saturated rings. The molecule has 0 aromatic heterocycles. The summed E-state index contributed by atoms with van der Waals surface area (Å²) in [5, 5.41) is 13.0. The van der Waals surface area contributed by atoms with Gasteiger partial charge in [0.15, 0.2) is 0 Å². The number of halogens is 1. The Kier molecular flexibility index (Phi) is 5.99. The van der Waals surface area contributed by atoms with Gasteiger partial charge >= 0.3 is 0 Å². The largest absolute Gasteiger partial charge is 0.507 e. The fraction of sp³-hybridized carbons (Fsp3) is 0.136. The molecule has 27 heavy (non-hydrogen) atoms. The Labute approximate surface area is 163 Å². The fourth-order valence-corrected chi connectivity index (χ4v) is 2.82. The zero-order chi connectivity index (χ0) is 19.2. The molecule has 5 heteroatoms. The van der Waals surface area contributed by atoms with Crippen molar-refractivity contribution in [1.29, 1.82) is 0 Å². The van der Waals surface area contributed by atoms with Crippen molar-refractivity contribution < 1.29 is 14.6 Å². The quantitative estimate of drug-likeness (QED) is 0.594. The molecule has 3 aromatic carbocycles. The van der Waals surface area contributed by atoms with Crippen LogP contribution in [-0.2, 0) is 0 Å². The second kappa shape index (κ2) is 8.60. The fourth-order valence-electron chi connectivity index (χ4n) is 2.65. The van der Waals surface area contributed by atoms with Gasteiger partial charge in [-0.05, 0) is 35.9 Å². The Morgan fingerprint density at radius 1 is 1.07 bits per heavy atom. The average Bonchev–Trinajstić information content (AvgIpc) is 2.69. The highest BCUT2D eigenvalue weighted by Gasteiger charge is 2.13. The van der Waals surface area contributed by atoms with Gasteiger partial charge < -0.3 is 15.2 Å². The van der Waals surface area contributed by atoms with E-state index in [0.717, 1.165) is 0 Å². The van der Waals surface area contributed by atoms with Gasteiger partial charge in [0.2, 0.25) is 0 Å². The second-order valence-electron chi connectivity index (χ2n) is 6.27. The highest BCUT2D eigenvalue weighted by atomic mass is 35.5. The van der Waals surface area contributed by atoms with Crippen LogP contribution in [0.25, 0.3) is 0 Å². The van der Waals surface area contributed by atoms with E-state index in [1.165, 1.54) is 23.8 Å². The third kappa shape index (κ3) is 5.02. The maximum atomic E-state index is 12.4. The Morgan fingerprint density at radius 3 is 2.63 bits per heavy atom. The lowest BCUT2D eigenvalue weighted by molar-refractivity contribution is 0.102. The molecule has 0 aliphatic heterocycles. The molecule has 0 saturated heterocycles. The van der Waals surface area contributed by atoms with Crippen molar-refractivity contribution in [2.75, 3.05) is 11.9 Å². The first-order chi connectivity index (χ1) is 13.0. The number of rotatable bonds is 6. The standard InChI is InChI=1S/C22H20ClNO3/c1-15(16-6-3-2-4-7-16)14-27-19-9-5-8-18(13-19)24-22(26)20-12-17(23)10-11-21(20)25/h2-13,15,25H,14H2,1H3,(H,24,26)/t15-/m0/s1. The van der Waals surface area contributed by atoms with Gasteiger partial charge in [0.05, 0.1) is 12.2 Å². The molecule has 0 aliphatic carbocycles. The van der Waals surface area contributed by atoms with Gasteiger partial charge in [0.1, 0.15) is 11.5 Å². The highest BCUT2D eigenvalue weighted by molar-refractivity contribution is 6.31. The molecule has 1 atom stereocenters. The van der Waals surface area contributed by atoms with E-state index in [0.29, 0.717) is 23.1 Å². The molecule has 0 radical (unpaired) electrons. The lowest BCUT2D eigenvalue weighted by atomic mass is 10.0. The minimum atomic E-state index is -0.440. The van der Waals surface area contributed by atoms with E-state index in [1.807, 2.05) is 24.3 Å². The van der Waals surface area contributed by atoms with Gasteiger partial charge in [0, 0.05) is 22.7 Å². The lowest BCUT2D eigenvalue weighted by Crippen LogP contribution is -2.12. The molecule has 0 saturated carbocycles. The summed E-state index contributed by atoms with van der Waals surface area (Å²) in [7, 11) is 0. The number of benzene rings is 3. The molecular formula is C22H20ClNO3. The predicted octanol–water partition coefficient (Wildman–Crippen LogP) is 5.48. The van der Waals surface area contributed by atoms with Crippen LogP contribution >= 0.6 is 11.6 Å². The number of carbonyl (C=O) groups is 1. The molecule has 3 aromatic rings. The monoisotopic (exact) mass is 381 g/mol. The maximum absolute atomic E-state index is 12.4. The van der Waals surface area contributed by atoms with Crippen LogP contribution in [0.3, 0.4) is 0 Å². The van der Waals surface area contributed by atoms with Crippen LogP contribution in [0.15, 0.2) is 72.8 Å². The number of aromatic hydroxyl groups is 1. The van der Waals surface area contributed by atoms with Crippen molar-refractivity contribution in [2.24, 2.45) is 0 Å². The van der Waals surface area contributed by atoms with E-state index >= 15 is 0 Å². The molecule has 3 rings (SSSR count). The molecule has 0 unspecified atom stereocenters. The zero-order valence-corrected chi connectivity index (χ0v) is 15.6. The van der Waals surface area contributed by atoms with Gasteiger partial charge in [-0.25, -0.2) is 0 Å². The molecule has 1 amide bonds. The number of ether oxygens (including phenoxy) is 1. The number of hydrogen-bond donors (Lipinski definition) is 2. The van der Waals surface area contributed by atoms with Crippen molar-refractivity contribution in [3.05, 3.63) is 88.9 Å². The first-order valence-electron chi connectivity index (χ1n) is 8.60. The first-order valence-corrected chi connectivity index (χ1v) is 8.98. The van der Waals surface area contributed by atoms with E-state index in [9.17, 15) is 9.90 Å². The Balaban J connectivity index is 1.65. The van der Waals surface area contributed by atoms with E-state index in [4.69, 9.17) is 16.3 Å². The molecule has 0 spiro atoms. The summed E-state index contributed by atoms with van der Waals surface area (Å²) in [6, 6.07) is 21.6. The van der Waals surface area contributed by atoms with Gasteiger partial charge in [-0.2, -0.15) is 0 Å². The summed E-state index contributed by atoms with van der Waals surface area (Å²) in [6.45, 7) is 2.62. The van der Waals surface area contributed by atoms with E-state index < -0.39 is 5.91 Å². The summed E-state index contributed by atoms with van der Waals surface area (Å²) in [5.74, 6) is 0.338. The van der Waals surface area contributed by atoms with E-state index in [1.54, 1.807) is 18.2 Å². The lowest BCUT2D eigenvalue weighted by Gasteiger charge is -2.14. The van der Waals surface area contributed by atoms with Crippen molar-refractivity contribution in [3.63, 3.8) is 0 Å². The Hall–Kier alpha value is -2.98. The van der Waals surface area contributed by atoms with Crippen molar-refractivity contribution in [3.8, 4) is 11.5 Å². The van der Waals surface area contributed by atoms with Crippen LogP contribution in [0.1, 0.15) is 28.8 Å². The minimum Gasteiger partial charge on any atom is -0.507 e. The zero-order valence-electron chi connectivity index (χ0n) is 14.9. The minimum absolute atomic E-state index is 0.117. The summed E-state index contributed by atoms with van der Waals surface area (Å²) < 4.78 is 5.87. The van der Waals surface area contributed by atoms with Crippen molar-refractivity contribution in [1.82, 2.24) is 0 Å².